The van der Waals surface area contributed by atoms with Crippen molar-refractivity contribution in [2.45, 2.75) is 53.1 Å². The molecule has 1 atom stereocenters. The van der Waals surface area contributed by atoms with Crippen LogP contribution in [0.25, 0.3) is 11.3 Å². The van der Waals surface area contributed by atoms with Gasteiger partial charge < -0.3 is 9.30 Å². The lowest BCUT2D eigenvalue weighted by atomic mass is 9.99. The van der Waals surface area contributed by atoms with Crippen molar-refractivity contribution in [3.05, 3.63) is 21.6 Å². The Morgan fingerprint density at radius 2 is 2.31 bits per heavy atom. The number of nitrogens with zero attached hydrogens (tertiary/aromatic N) is 4. The Morgan fingerprint density at radius 1 is 1.46 bits per heavy atom. The molecular formula is C19H26N4O2S. The molecule has 0 saturated carbocycles. The van der Waals surface area contributed by atoms with Crippen LogP contribution >= 0.6 is 11.3 Å². The van der Waals surface area contributed by atoms with Crippen LogP contribution in [0.4, 0.5) is 0 Å². The third-order valence-corrected chi connectivity index (χ3v) is 6.25. The van der Waals surface area contributed by atoms with E-state index < -0.39 is 0 Å². The van der Waals surface area contributed by atoms with Crippen molar-refractivity contribution in [1.82, 2.24) is 14.3 Å². The average molecular weight is 375 g/mol. The first-order valence-electron chi connectivity index (χ1n) is 9.52. The monoisotopic (exact) mass is 374 g/mol. The zero-order valence-corrected chi connectivity index (χ0v) is 16.5. The Morgan fingerprint density at radius 3 is 3.00 bits per heavy atom. The number of rotatable bonds is 4. The number of ether oxygens (including phenoxy) is 1. The van der Waals surface area contributed by atoms with E-state index in [0.29, 0.717) is 19.1 Å². The Labute approximate surface area is 157 Å². The van der Waals surface area contributed by atoms with Gasteiger partial charge in [0.05, 0.1) is 24.4 Å². The van der Waals surface area contributed by atoms with Gasteiger partial charge in [0.25, 0.3) is 5.91 Å². The average Bonchev–Trinajstić information content (AvgIpc) is 3.32. The summed E-state index contributed by atoms with van der Waals surface area (Å²) >= 11 is 1.66. The number of hydrogen-bond donors (Lipinski definition) is 0. The quantitative estimate of drug-likeness (QED) is 0.827. The summed E-state index contributed by atoms with van der Waals surface area (Å²) in [6.45, 7) is 9.46. The zero-order valence-electron chi connectivity index (χ0n) is 15.7. The number of hydrogen-bond acceptors (Lipinski definition) is 4. The fourth-order valence-electron chi connectivity index (χ4n) is 3.82. The second kappa shape index (κ2) is 7.12. The van der Waals surface area contributed by atoms with E-state index in [1.54, 1.807) is 11.3 Å². The molecule has 4 rings (SSSR count). The molecule has 7 heteroatoms. The highest BCUT2D eigenvalue weighted by Crippen LogP contribution is 2.35. The van der Waals surface area contributed by atoms with Gasteiger partial charge in [0.2, 0.25) is 0 Å². The van der Waals surface area contributed by atoms with Crippen LogP contribution in [-0.4, -0.2) is 33.5 Å². The summed E-state index contributed by atoms with van der Waals surface area (Å²) in [6.07, 6.45) is 4.77. The normalized spacial score (nSPS) is 19.8. The number of amides is 1. The highest BCUT2D eigenvalue weighted by molar-refractivity contribution is 7.09. The second-order valence-corrected chi connectivity index (χ2v) is 8.55. The topological polar surface area (TPSA) is 61.4 Å². The lowest BCUT2D eigenvalue weighted by Gasteiger charge is -2.17. The lowest BCUT2D eigenvalue weighted by Crippen LogP contribution is -2.21. The first kappa shape index (κ1) is 17.7. The zero-order chi connectivity index (χ0) is 18.3. The van der Waals surface area contributed by atoms with Gasteiger partial charge >= 0.3 is 0 Å². The standard InChI is InChI=1S/C19H26N4O2S/c1-4-22-17-14-9-20-23(10-12(2)3)15(14)5-6-16(17)26-19(22)21-18(24)13-7-8-25-11-13/h9,12-13H,4-8,10-11H2,1-3H3. The molecule has 6 nitrogen and oxygen atoms in total. The van der Waals surface area contributed by atoms with E-state index in [9.17, 15) is 4.79 Å². The molecule has 2 aromatic rings. The summed E-state index contributed by atoms with van der Waals surface area (Å²) in [6, 6.07) is 0. The molecule has 1 fully saturated rings. The van der Waals surface area contributed by atoms with E-state index in [2.05, 4.69) is 40.1 Å². The molecule has 26 heavy (non-hydrogen) atoms. The van der Waals surface area contributed by atoms with E-state index in [4.69, 9.17) is 4.74 Å². The van der Waals surface area contributed by atoms with Gasteiger partial charge in [-0.05, 0) is 32.1 Å². The summed E-state index contributed by atoms with van der Waals surface area (Å²) in [4.78, 5) is 19.1. The van der Waals surface area contributed by atoms with Crippen molar-refractivity contribution in [3.8, 4) is 11.3 Å². The predicted octanol–water partition coefficient (Wildman–Crippen LogP) is 2.65. The summed E-state index contributed by atoms with van der Waals surface area (Å²) in [5, 5.41) is 4.64. The molecule has 140 valence electrons. The Hall–Kier alpha value is -1.73. The number of carbonyl (C=O) groups excluding carboxylic acids is 1. The van der Waals surface area contributed by atoms with Crippen molar-refractivity contribution in [1.29, 1.82) is 0 Å². The van der Waals surface area contributed by atoms with Crippen LogP contribution in [0.2, 0.25) is 0 Å². The Kier molecular flexibility index (Phi) is 4.84. The van der Waals surface area contributed by atoms with Gasteiger partial charge in [-0.25, -0.2) is 0 Å². The lowest BCUT2D eigenvalue weighted by molar-refractivity contribution is -0.121. The molecule has 0 radical (unpaired) electrons. The molecule has 1 saturated heterocycles. The van der Waals surface area contributed by atoms with Crippen LogP contribution in [0.15, 0.2) is 11.2 Å². The van der Waals surface area contributed by atoms with Gasteiger partial charge in [-0.1, -0.05) is 13.8 Å². The van der Waals surface area contributed by atoms with Crippen LogP contribution in [0, 0.1) is 11.8 Å². The highest BCUT2D eigenvalue weighted by atomic mass is 32.1. The number of fused-ring (bicyclic) bond motifs is 3. The van der Waals surface area contributed by atoms with E-state index in [1.807, 2.05) is 6.20 Å². The number of thiazole rings is 1. The Balaban J connectivity index is 1.76. The minimum absolute atomic E-state index is 0.0426. The molecule has 0 N–H and O–H groups in total. The van der Waals surface area contributed by atoms with E-state index in [1.165, 1.54) is 21.8 Å². The summed E-state index contributed by atoms with van der Waals surface area (Å²) in [5.41, 5.74) is 3.74. The highest BCUT2D eigenvalue weighted by Gasteiger charge is 2.27. The Bertz CT molecular complexity index is 884. The minimum atomic E-state index is -0.0798. The molecule has 2 aromatic heterocycles. The number of aromatic nitrogens is 3. The van der Waals surface area contributed by atoms with Crippen LogP contribution in [0.5, 0.6) is 0 Å². The van der Waals surface area contributed by atoms with E-state index in [0.717, 1.165) is 37.2 Å². The minimum Gasteiger partial charge on any atom is -0.381 e. The maximum Gasteiger partial charge on any atom is 0.253 e. The van der Waals surface area contributed by atoms with E-state index in [-0.39, 0.29) is 11.8 Å². The van der Waals surface area contributed by atoms with Crippen LogP contribution in [0.3, 0.4) is 0 Å². The van der Waals surface area contributed by atoms with Crippen molar-refractivity contribution >= 4 is 17.2 Å². The molecule has 0 aromatic carbocycles. The molecule has 3 heterocycles. The first-order valence-corrected chi connectivity index (χ1v) is 10.3. The predicted molar refractivity (Wildman–Crippen MR) is 101 cm³/mol. The fraction of sp³-hybridized carbons (Fsp3) is 0.632. The molecule has 0 bridgehead atoms. The molecule has 0 spiro atoms. The molecular weight excluding hydrogens is 348 g/mol. The van der Waals surface area contributed by atoms with Gasteiger partial charge in [-0.15, -0.1) is 11.3 Å². The first-order chi connectivity index (χ1) is 12.6. The van der Waals surface area contributed by atoms with Gasteiger partial charge in [-0.2, -0.15) is 10.1 Å². The molecule has 1 aliphatic carbocycles. The SMILES string of the molecule is CCn1c2c(sc1=NC(=O)C1CCOC1)CCc1c-2cnn1CC(C)C. The van der Waals surface area contributed by atoms with E-state index >= 15 is 0 Å². The van der Waals surface area contributed by atoms with Crippen LogP contribution in [0.1, 0.15) is 37.8 Å². The van der Waals surface area contributed by atoms with Gasteiger partial charge in [0.1, 0.15) is 0 Å². The summed E-state index contributed by atoms with van der Waals surface area (Å²) in [7, 11) is 0. The maximum atomic E-state index is 12.5. The van der Waals surface area contributed by atoms with Crippen molar-refractivity contribution in [2.24, 2.45) is 16.8 Å². The van der Waals surface area contributed by atoms with Crippen LogP contribution < -0.4 is 4.80 Å². The van der Waals surface area contributed by atoms with Gasteiger partial charge in [0, 0.05) is 35.8 Å². The second-order valence-electron chi connectivity index (χ2n) is 7.49. The third-order valence-electron chi connectivity index (χ3n) is 5.11. The molecule has 1 amide bonds. The number of aryl methyl sites for hydroxylation is 1. The van der Waals surface area contributed by atoms with Crippen molar-refractivity contribution < 1.29 is 9.53 Å². The largest absolute Gasteiger partial charge is 0.381 e. The molecule has 1 aliphatic heterocycles. The fourth-order valence-corrected chi connectivity index (χ4v) is 5.03. The summed E-state index contributed by atoms with van der Waals surface area (Å²) in [5.74, 6) is 0.445. The van der Waals surface area contributed by atoms with Crippen LogP contribution in [-0.2, 0) is 35.5 Å². The van der Waals surface area contributed by atoms with Gasteiger partial charge in [-0.3, -0.25) is 9.48 Å². The van der Waals surface area contributed by atoms with Gasteiger partial charge in [0.15, 0.2) is 4.80 Å². The molecule has 2 aliphatic rings. The molecule has 1 unspecified atom stereocenters. The van der Waals surface area contributed by atoms with Crippen molar-refractivity contribution in [2.75, 3.05) is 13.2 Å². The number of carbonyl (C=O) groups is 1. The maximum absolute atomic E-state index is 12.5. The summed E-state index contributed by atoms with van der Waals surface area (Å²) < 4.78 is 9.68. The van der Waals surface area contributed by atoms with Crippen molar-refractivity contribution in [3.63, 3.8) is 0 Å². The third kappa shape index (κ3) is 3.07. The smallest absolute Gasteiger partial charge is 0.253 e.